The summed E-state index contributed by atoms with van der Waals surface area (Å²) in [5, 5.41) is 0.419. The van der Waals surface area contributed by atoms with E-state index < -0.39 is 5.97 Å². The Balaban J connectivity index is 1.67. The van der Waals surface area contributed by atoms with Crippen molar-refractivity contribution in [2.45, 2.75) is 6.92 Å². The zero-order chi connectivity index (χ0) is 21.3. The van der Waals surface area contributed by atoms with Crippen LogP contribution in [0.15, 0.2) is 80.4 Å². The largest absolute Gasteiger partial charge is 0.497 e. The number of carbonyl (C=O) groups is 1. The van der Waals surface area contributed by atoms with E-state index in [9.17, 15) is 9.59 Å². The Morgan fingerprint density at radius 3 is 2.27 bits per heavy atom. The van der Waals surface area contributed by atoms with Gasteiger partial charge in [-0.05, 0) is 61.0 Å². The Bertz CT molecular complexity index is 1290. The van der Waals surface area contributed by atoms with Crippen LogP contribution in [0.25, 0.3) is 22.1 Å². The Morgan fingerprint density at radius 1 is 0.933 bits per heavy atom. The second kappa shape index (κ2) is 8.16. The lowest BCUT2D eigenvalue weighted by Gasteiger charge is -2.09. The van der Waals surface area contributed by atoms with Crippen LogP contribution in [0.5, 0.6) is 11.5 Å². The van der Waals surface area contributed by atoms with Crippen LogP contribution in [0.4, 0.5) is 0 Å². The summed E-state index contributed by atoms with van der Waals surface area (Å²) in [6, 6.07) is 18.8. The normalized spacial score (nSPS) is 10.8. The molecule has 5 nitrogen and oxygen atoms in total. The van der Waals surface area contributed by atoms with Gasteiger partial charge in [-0.25, -0.2) is 4.79 Å². The first-order valence-electron chi connectivity index (χ1n) is 9.16. The van der Waals surface area contributed by atoms with Crippen LogP contribution in [0.1, 0.15) is 16.1 Å². The summed E-state index contributed by atoms with van der Waals surface area (Å²) in [5.41, 5.74) is 1.90. The molecule has 0 amide bonds. The van der Waals surface area contributed by atoms with Gasteiger partial charge in [0.25, 0.3) is 0 Å². The highest BCUT2D eigenvalue weighted by molar-refractivity contribution is 9.10. The molecular weight excluding hydrogens is 448 g/mol. The molecule has 1 aromatic heterocycles. The van der Waals surface area contributed by atoms with Gasteiger partial charge in [-0.2, -0.15) is 0 Å². The number of hydrogen-bond acceptors (Lipinski definition) is 5. The van der Waals surface area contributed by atoms with Crippen LogP contribution in [-0.4, -0.2) is 13.1 Å². The first-order chi connectivity index (χ1) is 14.5. The third-order valence-corrected chi connectivity index (χ3v) is 5.24. The predicted octanol–water partition coefficient (Wildman–Crippen LogP) is 5.76. The number of fused-ring (bicyclic) bond motifs is 1. The molecule has 0 bridgehead atoms. The molecule has 0 fully saturated rings. The lowest BCUT2D eigenvalue weighted by molar-refractivity contribution is 0.0735. The molecule has 0 saturated carbocycles. The zero-order valence-electron chi connectivity index (χ0n) is 16.3. The van der Waals surface area contributed by atoms with Gasteiger partial charge in [0.15, 0.2) is 0 Å². The fraction of sp³-hybridized carbons (Fsp3) is 0.0833. The van der Waals surface area contributed by atoms with Gasteiger partial charge in [0.05, 0.1) is 23.6 Å². The highest BCUT2D eigenvalue weighted by atomic mass is 79.9. The highest BCUT2D eigenvalue weighted by Gasteiger charge is 2.15. The number of methoxy groups -OCH3 is 1. The van der Waals surface area contributed by atoms with Crippen molar-refractivity contribution in [3.63, 3.8) is 0 Å². The van der Waals surface area contributed by atoms with Gasteiger partial charge >= 0.3 is 5.97 Å². The van der Waals surface area contributed by atoms with Crippen LogP contribution in [0.2, 0.25) is 0 Å². The maximum atomic E-state index is 13.1. The zero-order valence-corrected chi connectivity index (χ0v) is 17.9. The lowest BCUT2D eigenvalue weighted by atomic mass is 10.0. The van der Waals surface area contributed by atoms with E-state index in [1.807, 2.05) is 24.3 Å². The number of carbonyl (C=O) groups excluding carboxylic acids is 1. The molecule has 4 rings (SSSR count). The molecule has 1 heterocycles. The fourth-order valence-electron chi connectivity index (χ4n) is 3.19. The van der Waals surface area contributed by atoms with Gasteiger partial charge in [-0.15, -0.1) is 0 Å². The van der Waals surface area contributed by atoms with Gasteiger partial charge in [0.2, 0.25) is 5.43 Å². The highest BCUT2D eigenvalue weighted by Crippen LogP contribution is 2.27. The van der Waals surface area contributed by atoms with E-state index in [0.29, 0.717) is 39.4 Å². The minimum atomic E-state index is -0.512. The number of aryl methyl sites for hydroxylation is 1. The molecular formula is C24H17BrO5. The van der Waals surface area contributed by atoms with Crippen LogP contribution in [0.3, 0.4) is 0 Å². The average Bonchev–Trinajstić information content (AvgIpc) is 2.75. The molecule has 0 radical (unpaired) electrons. The van der Waals surface area contributed by atoms with E-state index in [1.165, 1.54) is 0 Å². The summed E-state index contributed by atoms with van der Waals surface area (Å²) < 4.78 is 17.4. The standard InChI is InChI=1S/C24H17BrO5/c1-14-22(15-3-7-17(25)8-4-15)23(26)20-12-11-19(13-21(20)29-14)30-24(27)16-5-9-18(28-2)10-6-16/h3-13H,1-2H3. The quantitative estimate of drug-likeness (QED) is 0.283. The summed E-state index contributed by atoms with van der Waals surface area (Å²) in [6.07, 6.45) is 0. The molecule has 0 N–H and O–H groups in total. The second-order valence-electron chi connectivity index (χ2n) is 6.65. The van der Waals surface area contributed by atoms with Crippen molar-refractivity contribution >= 4 is 32.9 Å². The van der Waals surface area contributed by atoms with E-state index in [0.717, 1.165) is 10.0 Å². The van der Waals surface area contributed by atoms with Gasteiger partial charge in [-0.1, -0.05) is 28.1 Å². The fourth-order valence-corrected chi connectivity index (χ4v) is 3.46. The summed E-state index contributed by atoms with van der Waals surface area (Å²) in [4.78, 5) is 25.4. The van der Waals surface area contributed by atoms with Gasteiger partial charge in [0, 0.05) is 10.5 Å². The smallest absolute Gasteiger partial charge is 0.343 e. The van der Waals surface area contributed by atoms with E-state index in [-0.39, 0.29) is 5.43 Å². The maximum absolute atomic E-state index is 13.1. The third-order valence-electron chi connectivity index (χ3n) is 4.71. The maximum Gasteiger partial charge on any atom is 0.343 e. The van der Waals surface area contributed by atoms with Crippen molar-refractivity contribution in [1.82, 2.24) is 0 Å². The molecule has 0 aliphatic carbocycles. The number of benzene rings is 3. The SMILES string of the molecule is COc1ccc(C(=O)Oc2ccc3c(=O)c(-c4ccc(Br)cc4)c(C)oc3c2)cc1. The molecule has 150 valence electrons. The number of halogens is 1. The van der Waals surface area contributed by atoms with Gasteiger partial charge in [0.1, 0.15) is 22.8 Å². The van der Waals surface area contributed by atoms with Crippen molar-refractivity contribution < 1.29 is 18.7 Å². The van der Waals surface area contributed by atoms with E-state index >= 15 is 0 Å². The first-order valence-corrected chi connectivity index (χ1v) is 9.95. The Morgan fingerprint density at radius 2 is 1.60 bits per heavy atom. The second-order valence-corrected chi connectivity index (χ2v) is 7.56. The van der Waals surface area contributed by atoms with Crippen molar-refractivity contribution in [2.24, 2.45) is 0 Å². The van der Waals surface area contributed by atoms with Crippen LogP contribution < -0.4 is 14.9 Å². The summed E-state index contributed by atoms with van der Waals surface area (Å²) >= 11 is 3.40. The van der Waals surface area contributed by atoms with Crippen molar-refractivity contribution in [1.29, 1.82) is 0 Å². The molecule has 6 heteroatoms. The van der Waals surface area contributed by atoms with E-state index in [2.05, 4.69) is 15.9 Å². The molecule has 0 saturated heterocycles. The lowest BCUT2D eigenvalue weighted by Crippen LogP contribution is -2.10. The molecule has 0 unspecified atom stereocenters. The molecule has 0 aliphatic heterocycles. The van der Waals surface area contributed by atoms with Crippen LogP contribution in [0, 0.1) is 6.92 Å². The number of rotatable bonds is 4. The Kier molecular flexibility index (Phi) is 5.42. The van der Waals surface area contributed by atoms with E-state index in [4.69, 9.17) is 13.9 Å². The number of esters is 1. The van der Waals surface area contributed by atoms with Crippen molar-refractivity contribution in [3.05, 3.63) is 92.7 Å². The molecule has 30 heavy (non-hydrogen) atoms. The summed E-state index contributed by atoms with van der Waals surface area (Å²) in [7, 11) is 1.56. The van der Waals surface area contributed by atoms with Gasteiger partial charge < -0.3 is 13.9 Å². The first kappa shape index (κ1) is 19.9. The Labute approximate surface area is 181 Å². The summed E-state index contributed by atoms with van der Waals surface area (Å²) in [5.74, 6) is 0.925. The van der Waals surface area contributed by atoms with Crippen molar-refractivity contribution in [2.75, 3.05) is 7.11 Å². The molecule has 3 aromatic carbocycles. The average molecular weight is 465 g/mol. The number of hydrogen-bond donors (Lipinski definition) is 0. The predicted molar refractivity (Wildman–Crippen MR) is 118 cm³/mol. The molecule has 4 aromatic rings. The van der Waals surface area contributed by atoms with Crippen LogP contribution >= 0.6 is 15.9 Å². The summed E-state index contributed by atoms with van der Waals surface area (Å²) in [6.45, 7) is 1.74. The Hall–Kier alpha value is -3.38. The van der Waals surface area contributed by atoms with Crippen molar-refractivity contribution in [3.8, 4) is 22.6 Å². The minimum absolute atomic E-state index is 0.135. The van der Waals surface area contributed by atoms with Crippen LogP contribution in [-0.2, 0) is 0 Å². The third kappa shape index (κ3) is 3.86. The number of ether oxygens (including phenoxy) is 2. The molecule has 0 aliphatic rings. The van der Waals surface area contributed by atoms with Gasteiger partial charge in [-0.3, -0.25) is 4.79 Å². The van der Waals surface area contributed by atoms with E-state index in [1.54, 1.807) is 56.5 Å². The monoisotopic (exact) mass is 464 g/mol. The molecule has 0 atom stereocenters. The topological polar surface area (TPSA) is 65.7 Å². The molecule has 0 spiro atoms. The minimum Gasteiger partial charge on any atom is -0.497 e.